The van der Waals surface area contributed by atoms with Gasteiger partial charge in [-0.3, -0.25) is 9.88 Å². The molecule has 29 heavy (non-hydrogen) atoms. The van der Waals surface area contributed by atoms with Gasteiger partial charge >= 0.3 is 12.3 Å². The predicted molar refractivity (Wildman–Crippen MR) is 100 cm³/mol. The fourth-order valence-electron chi connectivity index (χ4n) is 3.94. The van der Waals surface area contributed by atoms with E-state index in [0.717, 1.165) is 31.7 Å². The van der Waals surface area contributed by atoms with E-state index in [2.05, 4.69) is 15.3 Å². The third-order valence-corrected chi connectivity index (χ3v) is 5.56. The molecule has 0 aromatic carbocycles. The van der Waals surface area contributed by atoms with Crippen molar-refractivity contribution in [1.29, 1.82) is 0 Å². The zero-order chi connectivity index (χ0) is 20.5. The quantitative estimate of drug-likeness (QED) is 0.810. The maximum Gasteiger partial charge on any atom is 0.433 e. The summed E-state index contributed by atoms with van der Waals surface area (Å²) < 4.78 is 44.1. The van der Waals surface area contributed by atoms with Crippen molar-refractivity contribution >= 4 is 17.6 Å². The summed E-state index contributed by atoms with van der Waals surface area (Å²) in [5.74, 6) is 0.498. The van der Waals surface area contributed by atoms with E-state index >= 15 is 0 Å². The molecule has 3 heterocycles. The average molecular weight is 406 g/mol. The molecule has 4 rings (SSSR count). The van der Waals surface area contributed by atoms with Crippen LogP contribution in [0.25, 0.3) is 0 Å². The van der Waals surface area contributed by atoms with Gasteiger partial charge in [-0.25, -0.2) is 9.78 Å². The van der Waals surface area contributed by atoms with E-state index in [1.54, 1.807) is 23.4 Å². The molecule has 1 saturated carbocycles. The Bertz CT molecular complexity index is 868. The number of aromatic nitrogens is 2. The van der Waals surface area contributed by atoms with E-state index < -0.39 is 17.5 Å². The predicted octanol–water partition coefficient (Wildman–Crippen LogP) is 4.49. The second-order valence-electron chi connectivity index (χ2n) is 7.58. The lowest BCUT2D eigenvalue weighted by molar-refractivity contribution is -0.141. The Labute approximate surface area is 166 Å². The molecule has 1 aliphatic carbocycles. The molecule has 2 aromatic rings. The molecular weight excluding hydrogens is 385 g/mol. The third-order valence-electron chi connectivity index (χ3n) is 5.56. The lowest BCUT2D eigenvalue weighted by Crippen LogP contribution is -2.39. The number of carbonyl (C=O) groups is 1. The number of nitrogens with zero attached hydrogens (tertiary/aromatic N) is 3. The van der Waals surface area contributed by atoms with Gasteiger partial charge in [-0.15, -0.1) is 0 Å². The number of amides is 1. The zero-order valence-electron chi connectivity index (χ0n) is 15.7. The Morgan fingerprint density at radius 1 is 1.21 bits per heavy atom. The van der Waals surface area contributed by atoms with Crippen molar-refractivity contribution < 1.29 is 22.7 Å². The van der Waals surface area contributed by atoms with Gasteiger partial charge in [0.2, 0.25) is 0 Å². The van der Waals surface area contributed by atoms with Crippen molar-refractivity contribution in [3.05, 3.63) is 48.4 Å². The fraction of sp³-hybridized carbons (Fsp3) is 0.450. The molecule has 1 amide bonds. The summed E-state index contributed by atoms with van der Waals surface area (Å²) >= 11 is 0. The highest BCUT2D eigenvalue weighted by atomic mass is 19.4. The van der Waals surface area contributed by atoms with Crippen LogP contribution in [-0.4, -0.2) is 34.8 Å². The van der Waals surface area contributed by atoms with Gasteiger partial charge in [-0.05, 0) is 55.9 Å². The van der Waals surface area contributed by atoms with Crippen LogP contribution in [-0.2, 0) is 10.9 Å². The molecular formula is C20H21F3N4O2. The van der Waals surface area contributed by atoms with Crippen LogP contribution in [0.1, 0.15) is 31.4 Å². The van der Waals surface area contributed by atoms with Crippen molar-refractivity contribution in [3.8, 4) is 0 Å². The normalized spacial score (nSPS) is 24.6. The molecule has 0 bridgehead atoms. The Hall–Kier alpha value is -2.84. The Morgan fingerprint density at radius 3 is 2.69 bits per heavy atom. The minimum atomic E-state index is -4.46. The number of alkyl halides is 3. The number of rotatable bonds is 4. The van der Waals surface area contributed by atoms with Gasteiger partial charge in [0, 0.05) is 12.7 Å². The van der Waals surface area contributed by atoms with Gasteiger partial charge in [-0.2, -0.15) is 13.2 Å². The van der Waals surface area contributed by atoms with Crippen LogP contribution < -0.4 is 10.2 Å². The van der Waals surface area contributed by atoms with Gasteiger partial charge in [0.25, 0.3) is 0 Å². The maximum atomic E-state index is 12.8. The maximum absolute atomic E-state index is 12.8. The molecule has 2 fully saturated rings. The van der Waals surface area contributed by atoms with E-state index in [1.165, 1.54) is 12.1 Å². The van der Waals surface area contributed by atoms with Crippen molar-refractivity contribution in [2.75, 3.05) is 23.3 Å². The van der Waals surface area contributed by atoms with Crippen molar-refractivity contribution in [2.24, 2.45) is 5.92 Å². The highest BCUT2D eigenvalue weighted by Crippen LogP contribution is 2.40. The largest absolute Gasteiger partial charge is 0.441 e. The average Bonchev–Trinajstić information content (AvgIpc) is 3.04. The summed E-state index contributed by atoms with van der Waals surface area (Å²) in [6.45, 7) is 1.03. The minimum absolute atomic E-state index is 0.218. The third kappa shape index (κ3) is 4.28. The second-order valence-corrected chi connectivity index (χ2v) is 7.58. The number of hydrogen-bond donors (Lipinski definition) is 1. The lowest BCUT2D eigenvalue weighted by atomic mass is 9.78. The van der Waals surface area contributed by atoms with Crippen molar-refractivity contribution in [1.82, 2.24) is 9.97 Å². The second kappa shape index (κ2) is 7.53. The van der Waals surface area contributed by atoms with Gasteiger partial charge in [0.15, 0.2) is 0 Å². The van der Waals surface area contributed by atoms with Crippen LogP contribution >= 0.6 is 0 Å². The molecule has 1 spiro atoms. The standard InChI is InChI=1S/C20H21F3N4O2/c21-20(22,23)16-4-1-5-17(26-16)25-11-14-6-8-19(9-7-14)13-27(18(28)29-19)15-3-2-10-24-12-15/h1-5,10,12,14H,6-9,11,13H2,(H,25,26)/t14-,19-. The monoisotopic (exact) mass is 406 g/mol. The topological polar surface area (TPSA) is 67.3 Å². The number of anilines is 2. The van der Waals surface area contributed by atoms with Crippen LogP contribution in [0.5, 0.6) is 0 Å². The molecule has 2 aliphatic rings. The molecule has 1 saturated heterocycles. The molecule has 1 aliphatic heterocycles. The lowest BCUT2D eigenvalue weighted by Gasteiger charge is -2.35. The number of pyridine rings is 2. The number of nitrogens with one attached hydrogen (secondary N) is 1. The van der Waals surface area contributed by atoms with Gasteiger partial charge < -0.3 is 10.1 Å². The van der Waals surface area contributed by atoms with Gasteiger partial charge in [-0.1, -0.05) is 6.07 Å². The first kappa shape index (κ1) is 19.5. The SMILES string of the molecule is O=C1O[C@]2(CC[C@H](CNc3cccc(C(F)(F)F)n3)CC2)CN1c1cccnc1. The van der Waals surface area contributed by atoms with Gasteiger partial charge in [0.05, 0.1) is 18.4 Å². The molecule has 1 N–H and O–H groups in total. The Kier molecular flexibility index (Phi) is 5.06. The fourth-order valence-corrected chi connectivity index (χ4v) is 3.94. The highest BCUT2D eigenvalue weighted by molar-refractivity contribution is 5.90. The molecule has 154 valence electrons. The minimum Gasteiger partial charge on any atom is -0.441 e. The van der Waals surface area contributed by atoms with Crippen LogP contribution in [0.2, 0.25) is 0 Å². The van der Waals surface area contributed by atoms with Gasteiger partial charge in [0.1, 0.15) is 17.1 Å². The number of halogens is 3. The van der Waals surface area contributed by atoms with E-state index in [1.807, 2.05) is 6.07 Å². The van der Waals surface area contributed by atoms with Crippen molar-refractivity contribution in [3.63, 3.8) is 0 Å². The summed E-state index contributed by atoms with van der Waals surface area (Å²) in [5.41, 5.74) is -0.690. The number of carbonyl (C=O) groups excluding carboxylic acids is 1. The smallest absolute Gasteiger partial charge is 0.433 e. The Morgan fingerprint density at radius 2 is 2.00 bits per heavy atom. The summed E-state index contributed by atoms with van der Waals surface area (Å²) in [5, 5.41) is 3.01. The molecule has 0 unspecified atom stereocenters. The summed E-state index contributed by atoms with van der Waals surface area (Å²) in [6.07, 6.45) is 1.55. The summed E-state index contributed by atoms with van der Waals surface area (Å²) in [6, 6.07) is 7.43. The molecule has 9 heteroatoms. The first-order chi connectivity index (χ1) is 13.8. The number of hydrogen-bond acceptors (Lipinski definition) is 5. The van der Waals surface area contributed by atoms with E-state index in [0.29, 0.717) is 18.8 Å². The zero-order valence-corrected chi connectivity index (χ0v) is 15.7. The summed E-state index contributed by atoms with van der Waals surface area (Å²) in [7, 11) is 0. The van der Waals surface area contributed by atoms with Crippen molar-refractivity contribution in [2.45, 2.75) is 37.5 Å². The number of ether oxygens (including phenoxy) is 1. The van der Waals surface area contributed by atoms with Crippen LogP contribution in [0.4, 0.5) is 29.5 Å². The first-order valence-electron chi connectivity index (χ1n) is 9.53. The first-order valence-corrected chi connectivity index (χ1v) is 9.53. The van der Waals surface area contributed by atoms with E-state index in [4.69, 9.17) is 4.74 Å². The van der Waals surface area contributed by atoms with Crippen LogP contribution in [0.3, 0.4) is 0 Å². The Balaban J connectivity index is 1.32. The molecule has 6 nitrogen and oxygen atoms in total. The van der Waals surface area contributed by atoms with E-state index in [-0.39, 0.29) is 17.8 Å². The molecule has 0 radical (unpaired) electrons. The highest BCUT2D eigenvalue weighted by Gasteiger charge is 2.47. The van der Waals surface area contributed by atoms with Crippen LogP contribution in [0.15, 0.2) is 42.7 Å². The molecule has 0 atom stereocenters. The van der Waals surface area contributed by atoms with E-state index in [9.17, 15) is 18.0 Å². The molecule has 2 aromatic heterocycles. The summed E-state index contributed by atoms with van der Waals surface area (Å²) in [4.78, 5) is 21.6. The van der Waals surface area contributed by atoms with Crippen LogP contribution in [0, 0.1) is 5.92 Å².